The van der Waals surface area contributed by atoms with Gasteiger partial charge in [0.05, 0.1) is 10.4 Å². The first-order valence-electron chi connectivity index (χ1n) is 4.87. The summed E-state index contributed by atoms with van der Waals surface area (Å²) in [6.07, 6.45) is 1.78. The molecular weight excluding hydrogens is 286 g/mol. The topological polar surface area (TPSA) is 60.4 Å². The molecule has 0 spiro atoms. The second kappa shape index (κ2) is 3.53. The maximum atomic E-state index is 11.0. The number of imidazole rings is 1. The minimum atomic E-state index is -0.392. The number of benzene rings is 1. The van der Waals surface area contributed by atoms with Crippen LogP contribution in [0.4, 0.5) is 5.69 Å². The van der Waals surface area contributed by atoms with E-state index in [4.69, 9.17) is 0 Å². The molecule has 6 heteroatoms. The lowest BCUT2D eigenvalue weighted by molar-refractivity contribution is -0.383. The summed E-state index contributed by atoms with van der Waals surface area (Å²) < 4.78 is 2.57. The number of aromatic nitrogens is 2. The van der Waals surface area contributed by atoms with E-state index in [0.717, 1.165) is 4.47 Å². The molecule has 84 valence electrons. The van der Waals surface area contributed by atoms with Gasteiger partial charge in [-0.05, 0) is 34.1 Å². The molecular formula is C11H6BrN3O2. The lowest BCUT2D eigenvalue weighted by Crippen LogP contribution is -1.91. The van der Waals surface area contributed by atoms with E-state index >= 15 is 0 Å². The van der Waals surface area contributed by atoms with Crippen LogP contribution in [0.15, 0.2) is 41.0 Å². The first-order chi connectivity index (χ1) is 8.16. The van der Waals surface area contributed by atoms with Crippen molar-refractivity contribution in [1.82, 2.24) is 9.38 Å². The number of nitrogens with zero attached hydrogens (tertiary/aromatic N) is 3. The highest BCUT2D eigenvalue weighted by atomic mass is 79.9. The van der Waals surface area contributed by atoms with Gasteiger partial charge in [0.2, 0.25) is 0 Å². The second-order valence-corrected chi connectivity index (χ2v) is 4.50. The molecule has 0 aliphatic heterocycles. The fourth-order valence-electron chi connectivity index (χ4n) is 1.86. The average molecular weight is 292 g/mol. The molecule has 0 radical (unpaired) electrons. The van der Waals surface area contributed by atoms with Crippen LogP contribution in [0.5, 0.6) is 0 Å². The standard InChI is InChI=1S/C11H6BrN3O2/c12-7-4-5-10-13-8-2-1-3-9(15(16)17)11(8)14(10)6-7/h1-6H. The minimum absolute atomic E-state index is 0.0631. The molecule has 0 aliphatic rings. The smallest absolute Gasteiger partial charge is 0.293 e. The number of hydrogen-bond donors (Lipinski definition) is 0. The summed E-state index contributed by atoms with van der Waals surface area (Å²) in [6.45, 7) is 0. The number of fused-ring (bicyclic) bond motifs is 3. The summed E-state index contributed by atoms with van der Waals surface area (Å²) in [5.41, 5.74) is 1.90. The maximum Gasteiger partial charge on any atom is 0.295 e. The molecule has 0 bridgehead atoms. The Morgan fingerprint density at radius 3 is 2.88 bits per heavy atom. The van der Waals surface area contributed by atoms with Crippen LogP contribution in [0.25, 0.3) is 16.7 Å². The molecule has 0 saturated carbocycles. The van der Waals surface area contributed by atoms with Gasteiger partial charge in [0.1, 0.15) is 5.65 Å². The number of nitro groups is 1. The van der Waals surface area contributed by atoms with Crippen LogP contribution in [-0.4, -0.2) is 14.3 Å². The van der Waals surface area contributed by atoms with E-state index in [-0.39, 0.29) is 5.69 Å². The Morgan fingerprint density at radius 2 is 2.12 bits per heavy atom. The molecule has 2 aromatic heterocycles. The van der Waals surface area contributed by atoms with Gasteiger partial charge in [-0.25, -0.2) is 4.98 Å². The van der Waals surface area contributed by atoms with Crippen LogP contribution in [0.2, 0.25) is 0 Å². The van der Waals surface area contributed by atoms with Crippen LogP contribution in [0.3, 0.4) is 0 Å². The van der Waals surface area contributed by atoms with Crippen molar-refractivity contribution in [3.63, 3.8) is 0 Å². The van der Waals surface area contributed by atoms with Gasteiger partial charge >= 0.3 is 0 Å². The fourth-order valence-corrected chi connectivity index (χ4v) is 2.20. The van der Waals surface area contributed by atoms with Crippen molar-refractivity contribution in [2.45, 2.75) is 0 Å². The number of para-hydroxylation sites is 1. The van der Waals surface area contributed by atoms with Crippen LogP contribution in [0.1, 0.15) is 0 Å². The van der Waals surface area contributed by atoms with Crippen molar-refractivity contribution in [1.29, 1.82) is 0 Å². The highest BCUT2D eigenvalue weighted by Crippen LogP contribution is 2.27. The van der Waals surface area contributed by atoms with Crippen molar-refractivity contribution >= 4 is 38.3 Å². The summed E-state index contributed by atoms with van der Waals surface area (Å²) in [7, 11) is 0. The lowest BCUT2D eigenvalue weighted by atomic mass is 10.3. The Labute approximate surface area is 104 Å². The molecule has 0 N–H and O–H groups in total. The van der Waals surface area contributed by atoms with Crippen molar-refractivity contribution < 1.29 is 4.92 Å². The zero-order valence-corrected chi connectivity index (χ0v) is 10.1. The zero-order chi connectivity index (χ0) is 12.0. The van der Waals surface area contributed by atoms with E-state index in [1.54, 1.807) is 22.7 Å². The van der Waals surface area contributed by atoms with E-state index < -0.39 is 4.92 Å². The molecule has 3 rings (SSSR count). The van der Waals surface area contributed by atoms with Gasteiger partial charge in [-0.2, -0.15) is 0 Å². The van der Waals surface area contributed by atoms with Gasteiger partial charge < -0.3 is 0 Å². The SMILES string of the molecule is O=[N+]([O-])c1cccc2nc3ccc(Br)cn3c12. The Bertz CT molecular complexity index is 751. The van der Waals surface area contributed by atoms with Gasteiger partial charge in [-0.3, -0.25) is 14.5 Å². The highest BCUT2D eigenvalue weighted by molar-refractivity contribution is 9.10. The molecule has 3 aromatic rings. The van der Waals surface area contributed by atoms with Crippen LogP contribution < -0.4 is 0 Å². The first kappa shape index (κ1) is 10.2. The minimum Gasteiger partial charge on any atom is -0.293 e. The third kappa shape index (κ3) is 1.49. The summed E-state index contributed by atoms with van der Waals surface area (Å²) >= 11 is 3.35. The van der Waals surface area contributed by atoms with Crippen molar-refractivity contribution in [3.8, 4) is 0 Å². The molecule has 0 amide bonds. The Balaban J connectivity index is 2.56. The molecule has 0 aliphatic carbocycles. The Hall–Kier alpha value is -1.95. The fraction of sp³-hybridized carbons (Fsp3) is 0. The lowest BCUT2D eigenvalue weighted by Gasteiger charge is -1.97. The monoisotopic (exact) mass is 291 g/mol. The molecule has 2 heterocycles. The molecule has 0 saturated heterocycles. The second-order valence-electron chi connectivity index (χ2n) is 3.59. The van der Waals surface area contributed by atoms with Crippen molar-refractivity contribution in [3.05, 3.63) is 51.1 Å². The largest absolute Gasteiger partial charge is 0.295 e. The van der Waals surface area contributed by atoms with Gasteiger partial charge in [-0.1, -0.05) is 6.07 Å². The molecule has 0 atom stereocenters. The predicted octanol–water partition coefficient (Wildman–Crippen LogP) is 3.16. The summed E-state index contributed by atoms with van der Waals surface area (Å²) in [6, 6.07) is 8.56. The van der Waals surface area contributed by atoms with Crippen LogP contribution in [-0.2, 0) is 0 Å². The normalized spacial score (nSPS) is 11.1. The number of halogens is 1. The Morgan fingerprint density at radius 1 is 1.29 bits per heavy atom. The van der Waals surface area contributed by atoms with E-state index in [2.05, 4.69) is 20.9 Å². The summed E-state index contributed by atoms with van der Waals surface area (Å²) in [4.78, 5) is 14.9. The predicted molar refractivity (Wildman–Crippen MR) is 67.1 cm³/mol. The zero-order valence-electron chi connectivity index (χ0n) is 8.50. The molecule has 5 nitrogen and oxygen atoms in total. The van der Waals surface area contributed by atoms with E-state index in [1.807, 2.05) is 12.1 Å². The van der Waals surface area contributed by atoms with Crippen molar-refractivity contribution in [2.75, 3.05) is 0 Å². The molecule has 17 heavy (non-hydrogen) atoms. The number of hydrogen-bond acceptors (Lipinski definition) is 3. The van der Waals surface area contributed by atoms with E-state index in [1.165, 1.54) is 6.07 Å². The van der Waals surface area contributed by atoms with Gasteiger partial charge in [-0.15, -0.1) is 0 Å². The van der Waals surface area contributed by atoms with Crippen LogP contribution >= 0.6 is 15.9 Å². The number of rotatable bonds is 1. The van der Waals surface area contributed by atoms with Gasteiger partial charge in [0.25, 0.3) is 5.69 Å². The number of pyridine rings is 1. The summed E-state index contributed by atoms with van der Waals surface area (Å²) in [5, 5.41) is 11.0. The third-order valence-corrected chi connectivity index (χ3v) is 3.03. The van der Waals surface area contributed by atoms with E-state index in [9.17, 15) is 10.1 Å². The van der Waals surface area contributed by atoms with Gasteiger partial charge in [0.15, 0.2) is 5.52 Å². The Kier molecular flexibility index (Phi) is 2.12. The quantitative estimate of drug-likeness (QED) is 0.511. The van der Waals surface area contributed by atoms with E-state index in [0.29, 0.717) is 16.7 Å². The first-order valence-corrected chi connectivity index (χ1v) is 5.67. The van der Waals surface area contributed by atoms with Crippen molar-refractivity contribution in [2.24, 2.45) is 0 Å². The molecule has 0 unspecified atom stereocenters. The molecule has 1 aromatic carbocycles. The number of non-ortho nitro benzene ring substituents is 1. The van der Waals surface area contributed by atoms with Gasteiger partial charge in [0, 0.05) is 16.7 Å². The summed E-state index contributed by atoms with van der Waals surface area (Å²) in [5.74, 6) is 0. The molecule has 0 fully saturated rings. The number of nitro benzene ring substituents is 1. The highest BCUT2D eigenvalue weighted by Gasteiger charge is 2.16. The van der Waals surface area contributed by atoms with Crippen LogP contribution in [0, 0.1) is 10.1 Å². The average Bonchev–Trinajstić information content (AvgIpc) is 2.66. The maximum absolute atomic E-state index is 11.0. The third-order valence-electron chi connectivity index (χ3n) is 2.56.